The molecule has 1 amide bonds. The van der Waals surface area contributed by atoms with Crippen LogP contribution in [0, 0.1) is 0 Å². The van der Waals surface area contributed by atoms with Crippen LogP contribution >= 0.6 is 34.3 Å². The van der Waals surface area contributed by atoms with E-state index in [1.165, 1.54) is 6.33 Å². The number of halogens is 1. The molecular weight excluding hydrogens is 480 g/mol. The third kappa shape index (κ3) is 6.07. The molecule has 1 fully saturated rings. The van der Waals surface area contributed by atoms with Crippen LogP contribution in [0.3, 0.4) is 0 Å². The van der Waals surface area contributed by atoms with Crippen molar-refractivity contribution in [2.75, 3.05) is 18.0 Å². The summed E-state index contributed by atoms with van der Waals surface area (Å²) in [7, 11) is 0. The lowest BCUT2D eigenvalue weighted by Gasteiger charge is -2.33. The van der Waals surface area contributed by atoms with Gasteiger partial charge < -0.3 is 15.0 Å². The highest BCUT2D eigenvalue weighted by Gasteiger charge is 2.25. The average Bonchev–Trinajstić information content (AvgIpc) is 3.43. The number of ether oxygens (including phenoxy) is 1. The number of nitrogens with one attached hydrogen (secondary N) is 1. The van der Waals surface area contributed by atoms with E-state index in [0.29, 0.717) is 5.15 Å². The second-order valence-corrected chi connectivity index (χ2v) is 10.7. The third-order valence-electron chi connectivity index (χ3n) is 4.97. The molecule has 0 aromatic carbocycles. The van der Waals surface area contributed by atoms with Crippen molar-refractivity contribution >= 4 is 66.6 Å². The lowest BCUT2D eigenvalue weighted by molar-refractivity contribution is 0.0497. The highest BCUT2D eigenvalue weighted by Crippen LogP contribution is 2.28. The number of carbonyl (C=O) groups is 1. The molecule has 5 rings (SSSR count). The third-order valence-corrected chi connectivity index (χ3v) is 6.91. The van der Waals surface area contributed by atoms with E-state index in [-0.39, 0.29) is 12.1 Å². The van der Waals surface area contributed by atoms with Crippen LogP contribution in [0.4, 0.5) is 10.6 Å². The topological polar surface area (TPSA) is 93.1 Å². The Kier molecular flexibility index (Phi) is 7.26. The van der Waals surface area contributed by atoms with E-state index in [9.17, 15) is 4.79 Å². The lowest BCUT2D eigenvalue weighted by Crippen LogP contribution is -2.46. The van der Waals surface area contributed by atoms with Gasteiger partial charge in [-0.1, -0.05) is 11.6 Å². The van der Waals surface area contributed by atoms with Crippen molar-refractivity contribution in [1.29, 1.82) is 0 Å². The summed E-state index contributed by atoms with van der Waals surface area (Å²) in [5.41, 5.74) is -0.462. The molecule has 0 spiro atoms. The standard InChI is InChI=1S/C16H22N4O2S.C6H3ClN2S/c1-16(2,3)22-15(21)19-11-4-7-20(8-5-11)13-12-6-9-23-14(12)18-10-17-13;7-5-4-1-2-10-6(4)9-3-8-5/h6,9-11H,4-5,7-8H2,1-3H3,(H,19,21);1-3H. The average molecular weight is 505 g/mol. The Hall–Kier alpha value is -2.56. The molecule has 4 aromatic heterocycles. The number of rotatable bonds is 2. The van der Waals surface area contributed by atoms with Gasteiger partial charge in [-0.3, -0.25) is 0 Å². The number of alkyl carbamates (subject to hydrolysis) is 1. The van der Waals surface area contributed by atoms with Gasteiger partial charge in [-0.05, 0) is 56.5 Å². The van der Waals surface area contributed by atoms with Crippen molar-refractivity contribution in [2.45, 2.75) is 45.3 Å². The van der Waals surface area contributed by atoms with E-state index in [0.717, 1.165) is 52.2 Å². The van der Waals surface area contributed by atoms with Gasteiger partial charge in [0.1, 0.15) is 38.9 Å². The number of carbonyl (C=O) groups excluding carboxylic acids is 1. The summed E-state index contributed by atoms with van der Waals surface area (Å²) in [6, 6.07) is 4.14. The van der Waals surface area contributed by atoms with E-state index >= 15 is 0 Å². The number of fused-ring (bicyclic) bond motifs is 2. The van der Waals surface area contributed by atoms with Crippen LogP contribution < -0.4 is 10.2 Å². The van der Waals surface area contributed by atoms with Gasteiger partial charge in [0.25, 0.3) is 0 Å². The lowest BCUT2D eigenvalue weighted by atomic mass is 10.1. The number of aromatic nitrogens is 4. The van der Waals surface area contributed by atoms with Crippen molar-refractivity contribution in [2.24, 2.45) is 0 Å². The molecule has 1 saturated heterocycles. The molecule has 0 atom stereocenters. The zero-order chi connectivity index (χ0) is 23.4. The van der Waals surface area contributed by atoms with Crippen molar-refractivity contribution in [3.63, 3.8) is 0 Å². The first-order chi connectivity index (χ1) is 15.8. The van der Waals surface area contributed by atoms with Crippen LogP contribution in [-0.4, -0.2) is 50.8 Å². The van der Waals surface area contributed by atoms with E-state index in [1.54, 1.807) is 29.0 Å². The molecule has 5 heterocycles. The molecule has 1 aliphatic heterocycles. The van der Waals surface area contributed by atoms with Gasteiger partial charge in [-0.25, -0.2) is 24.7 Å². The molecule has 0 saturated carbocycles. The summed E-state index contributed by atoms with van der Waals surface area (Å²) in [5, 5.41) is 9.53. The quantitative estimate of drug-likeness (QED) is 0.359. The Morgan fingerprint density at radius 3 is 2.27 bits per heavy atom. The Labute approximate surface area is 205 Å². The number of hydrogen-bond acceptors (Lipinski definition) is 9. The van der Waals surface area contributed by atoms with Crippen LogP contribution in [0.2, 0.25) is 5.15 Å². The number of anilines is 1. The van der Waals surface area contributed by atoms with E-state index in [2.05, 4.69) is 36.2 Å². The molecule has 1 aliphatic rings. The monoisotopic (exact) mass is 504 g/mol. The van der Waals surface area contributed by atoms with Gasteiger partial charge in [0, 0.05) is 24.5 Å². The Morgan fingerprint density at radius 1 is 1.03 bits per heavy atom. The summed E-state index contributed by atoms with van der Waals surface area (Å²) in [6.45, 7) is 7.34. The van der Waals surface area contributed by atoms with Gasteiger partial charge >= 0.3 is 6.09 Å². The molecule has 0 bridgehead atoms. The predicted octanol–water partition coefficient (Wildman–Crippen LogP) is 5.53. The predicted molar refractivity (Wildman–Crippen MR) is 134 cm³/mol. The molecule has 11 heteroatoms. The zero-order valence-corrected chi connectivity index (χ0v) is 21.0. The first kappa shape index (κ1) is 23.6. The van der Waals surface area contributed by atoms with Gasteiger partial charge in [0.05, 0.1) is 5.39 Å². The summed E-state index contributed by atoms with van der Waals surface area (Å²) < 4.78 is 5.32. The Bertz CT molecular complexity index is 1230. The fourth-order valence-corrected chi connectivity index (χ4v) is 5.21. The molecule has 0 unspecified atom stereocenters. The minimum atomic E-state index is -0.462. The molecule has 33 heavy (non-hydrogen) atoms. The Morgan fingerprint density at radius 2 is 1.64 bits per heavy atom. The highest BCUT2D eigenvalue weighted by atomic mass is 35.5. The molecule has 0 radical (unpaired) electrons. The van der Waals surface area contributed by atoms with E-state index in [1.807, 2.05) is 37.6 Å². The number of piperidine rings is 1. The maximum atomic E-state index is 11.9. The van der Waals surface area contributed by atoms with Gasteiger partial charge in [0.2, 0.25) is 0 Å². The number of hydrogen-bond donors (Lipinski definition) is 1. The molecule has 0 aliphatic carbocycles. The van der Waals surface area contributed by atoms with Crippen molar-refractivity contribution in [1.82, 2.24) is 25.3 Å². The second-order valence-electron chi connectivity index (χ2n) is 8.55. The van der Waals surface area contributed by atoms with Crippen LogP contribution in [0.15, 0.2) is 35.5 Å². The van der Waals surface area contributed by atoms with Gasteiger partial charge in [-0.2, -0.15) is 0 Å². The van der Waals surface area contributed by atoms with Crippen molar-refractivity contribution < 1.29 is 9.53 Å². The summed E-state index contributed by atoms with van der Waals surface area (Å²) in [4.78, 5) is 32.7. The van der Waals surface area contributed by atoms with Gasteiger partial charge in [0.15, 0.2) is 0 Å². The number of amides is 1. The fourth-order valence-electron chi connectivity index (χ4n) is 3.50. The number of nitrogens with zero attached hydrogens (tertiary/aromatic N) is 5. The van der Waals surface area contributed by atoms with Gasteiger partial charge in [-0.15, -0.1) is 22.7 Å². The van der Waals surface area contributed by atoms with Crippen LogP contribution in [-0.2, 0) is 4.74 Å². The van der Waals surface area contributed by atoms with Crippen LogP contribution in [0.25, 0.3) is 20.4 Å². The first-order valence-corrected chi connectivity index (χ1v) is 12.7. The molecule has 8 nitrogen and oxygen atoms in total. The SMILES string of the molecule is CC(C)(C)OC(=O)NC1CCN(c2ncnc3sccc23)CC1.Clc1ncnc2sccc12. The van der Waals surface area contributed by atoms with Crippen molar-refractivity contribution in [3.8, 4) is 0 Å². The largest absolute Gasteiger partial charge is 0.444 e. The fraction of sp³-hybridized carbons (Fsp3) is 0.409. The molecule has 4 aromatic rings. The normalized spacial score (nSPS) is 14.7. The Balaban J connectivity index is 0.000000214. The van der Waals surface area contributed by atoms with Crippen molar-refractivity contribution in [3.05, 3.63) is 40.7 Å². The maximum Gasteiger partial charge on any atom is 0.407 e. The molecule has 174 valence electrons. The maximum absolute atomic E-state index is 11.9. The minimum absolute atomic E-state index is 0.154. The number of thiophene rings is 2. The second kappa shape index (κ2) is 10.1. The zero-order valence-electron chi connectivity index (χ0n) is 18.6. The van der Waals surface area contributed by atoms with E-state index < -0.39 is 5.60 Å². The summed E-state index contributed by atoms with van der Waals surface area (Å²) >= 11 is 8.95. The smallest absolute Gasteiger partial charge is 0.407 e. The molecule has 1 N–H and O–H groups in total. The van der Waals surface area contributed by atoms with E-state index in [4.69, 9.17) is 16.3 Å². The summed E-state index contributed by atoms with van der Waals surface area (Å²) in [6.07, 6.45) is 4.53. The first-order valence-electron chi connectivity index (χ1n) is 10.6. The van der Waals surface area contributed by atoms with Crippen LogP contribution in [0.5, 0.6) is 0 Å². The minimum Gasteiger partial charge on any atom is -0.444 e. The summed E-state index contributed by atoms with van der Waals surface area (Å²) in [5.74, 6) is 0.993. The molecular formula is C22H25ClN6O2S2. The van der Waals surface area contributed by atoms with Crippen LogP contribution in [0.1, 0.15) is 33.6 Å². The highest BCUT2D eigenvalue weighted by molar-refractivity contribution is 7.17.